The maximum Gasteiger partial charge on any atom is 0.416 e. The summed E-state index contributed by atoms with van der Waals surface area (Å²) in [5.41, 5.74) is 5.24. The molecule has 0 aromatic heterocycles. The number of halogens is 3. The quantitative estimate of drug-likeness (QED) is 0.865. The Hall–Kier alpha value is -2.08. The standard InChI is InChI=1S/C14H10F3NOS/c15-14(16,17)9-4-3-5-10(8-9)19-12-7-2-1-6-11(12)13(18)20/h1-8H,(H2,18,20). The number of nitrogens with two attached hydrogens (primary N) is 1. The van der Waals surface area contributed by atoms with Gasteiger partial charge in [-0.1, -0.05) is 30.4 Å². The molecule has 0 unspecified atom stereocenters. The van der Waals surface area contributed by atoms with Crippen LogP contribution in [0.2, 0.25) is 0 Å². The van der Waals surface area contributed by atoms with Crippen LogP contribution in [0.25, 0.3) is 0 Å². The first-order chi connectivity index (χ1) is 9.38. The summed E-state index contributed by atoms with van der Waals surface area (Å²) in [7, 11) is 0. The number of hydrogen-bond donors (Lipinski definition) is 1. The van der Waals surface area contributed by atoms with E-state index in [1.165, 1.54) is 12.1 Å². The molecule has 0 radical (unpaired) electrons. The van der Waals surface area contributed by atoms with E-state index in [2.05, 4.69) is 0 Å². The molecule has 0 spiro atoms. The zero-order valence-corrected chi connectivity index (χ0v) is 11.0. The summed E-state index contributed by atoms with van der Waals surface area (Å²) in [5.74, 6) is 0.392. The molecule has 0 saturated carbocycles. The molecular weight excluding hydrogens is 287 g/mol. The average molecular weight is 297 g/mol. The molecule has 0 aliphatic heterocycles. The molecule has 2 nitrogen and oxygen atoms in total. The van der Waals surface area contributed by atoms with E-state index < -0.39 is 11.7 Å². The van der Waals surface area contributed by atoms with E-state index in [0.717, 1.165) is 12.1 Å². The van der Waals surface area contributed by atoms with Gasteiger partial charge in [0.1, 0.15) is 16.5 Å². The molecule has 0 atom stereocenters. The molecule has 0 bridgehead atoms. The van der Waals surface area contributed by atoms with Gasteiger partial charge in [-0.15, -0.1) is 0 Å². The predicted octanol–water partition coefficient (Wildman–Crippen LogP) is 4.13. The van der Waals surface area contributed by atoms with E-state index in [4.69, 9.17) is 22.7 Å². The van der Waals surface area contributed by atoms with E-state index in [0.29, 0.717) is 11.3 Å². The number of alkyl halides is 3. The molecule has 2 N–H and O–H groups in total. The summed E-state index contributed by atoms with van der Waals surface area (Å²) in [4.78, 5) is 0.118. The maximum atomic E-state index is 12.6. The van der Waals surface area contributed by atoms with Crippen molar-refractivity contribution in [2.45, 2.75) is 6.18 Å². The molecule has 20 heavy (non-hydrogen) atoms. The van der Waals surface area contributed by atoms with Crippen LogP contribution in [0.4, 0.5) is 13.2 Å². The van der Waals surface area contributed by atoms with Crippen molar-refractivity contribution in [2.75, 3.05) is 0 Å². The lowest BCUT2D eigenvalue weighted by Gasteiger charge is -2.12. The third kappa shape index (κ3) is 3.27. The normalized spacial score (nSPS) is 11.2. The van der Waals surface area contributed by atoms with Crippen LogP contribution in [-0.4, -0.2) is 4.99 Å². The highest BCUT2D eigenvalue weighted by molar-refractivity contribution is 7.80. The van der Waals surface area contributed by atoms with Gasteiger partial charge in [-0.25, -0.2) is 0 Å². The van der Waals surface area contributed by atoms with Gasteiger partial charge in [0.15, 0.2) is 0 Å². The van der Waals surface area contributed by atoms with E-state index in [-0.39, 0.29) is 10.7 Å². The van der Waals surface area contributed by atoms with Gasteiger partial charge in [-0.05, 0) is 30.3 Å². The predicted molar refractivity (Wildman–Crippen MR) is 73.8 cm³/mol. The Morgan fingerprint density at radius 1 is 1.05 bits per heavy atom. The molecule has 2 aromatic rings. The Morgan fingerprint density at radius 2 is 1.75 bits per heavy atom. The summed E-state index contributed by atoms with van der Waals surface area (Å²) in [6, 6.07) is 11.3. The van der Waals surface area contributed by atoms with E-state index in [9.17, 15) is 13.2 Å². The number of hydrogen-bond acceptors (Lipinski definition) is 2. The van der Waals surface area contributed by atoms with Crippen LogP contribution in [0.5, 0.6) is 11.5 Å². The Kier molecular flexibility index (Phi) is 3.94. The largest absolute Gasteiger partial charge is 0.457 e. The second-order valence-corrected chi connectivity index (χ2v) is 4.43. The minimum atomic E-state index is -4.41. The van der Waals surface area contributed by atoms with Crippen molar-refractivity contribution in [1.29, 1.82) is 0 Å². The van der Waals surface area contributed by atoms with Crippen molar-refractivity contribution in [3.05, 3.63) is 59.7 Å². The van der Waals surface area contributed by atoms with E-state index in [1.807, 2.05) is 0 Å². The van der Waals surface area contributed by atoms with Gasteiger partial charge in [-0.2, -0.15) is 13.2 Å². The van der Waals surface area contributed by atoms with Crippen LogP contribution < -0.4 is 10.5 Å². The molecule has 104 valence electrons. The van der Waals surface area contributed by atoms with Crippen LogP contribution in [-0.2, 0) is 6.18 Å². The van der Waals surface area contributed by atoms with Crippen molar-refractivity contribution in [2.24, 2.45) is 5.73 Å². The second kappa shape index (κ2) is 5.50. The summed E-state index contributed by atoms with van der Waals surface area (Å²) in [6.45, 7) is 0. The van der Waals surface area contributed by atoms with Crippen LogP contribution in [0.15, 0.2) is 48.5 Å². The monoisotopic (exact) mass is 297 g/mol. The molecule has 0 heterocycles. The lowest BCUT2D eigenvalue weighted by molar-refractivity contribution is -0.137. The van der Waals surface area contributed by atoms with Crippen LogP contribution >= 0.6 is 12.2 Å². The fourth-order valence-electron chi connectivity index (χ4n) is 1.62. The SMILES string of the molecule is NC(=S)c1ccccc1Oc1cccc(C(F)(F)F)c1. The highest BCUT2D eigenvalue weighted by Gasteiger charge is 2.30. The van der Waals surface area contributed by atoms with E-state index >= 15 is 0 Å². The van der Waals surface area contributed by atoms with Crippen LogP contribution in [0, 0.1) is 0 Å². The fourth-order valence-corrected chi connectivity index (χ4v) is 1.79. The van der Waals surface area contributed by atoms with Crippen molar-refractivity contribution in [1.82, 2.24) is 0 Å². The number of benzene rings is 2. The first kappa shape index (κ1) is 14.3. The molecule has 0 aliphatic rings. The lowest BCUT2D eigenvalue weighted by atomic mass is 10.2. The van der Waals surface area contributed by atoms with Crippen LogP contribution in [0.1, 0.15) is 11.1 Å². The Bertz CT molecular complexity index is 640. The van der Waals surface area contributed by atoms with Gasteiger partial charge < -0.3 is 10.5 Å². The van der Waals surface area contributed by atoms with Gasteiger partial charge in [-0.3, -0.25) is 0 Å². The van der Waals surface area contributed by atoms with Crippen molar-refractivity contribution in [3.63, 3.8) is 0 Å². The molecule has 0 aliphatic carbocycles. The maximum absolute atomic E-state index is 12.6. The molecule has 2 rings (SSSR count). The molecule has 2 aromatic carbocycles. The van der Waals surface area contributed by atoms with Crippen molar-refractivity contribution < 1.29 is 17.9 Å². The van der Waals surface area contributed by atoms with Gasteiger partial charge >= 0.3 is 6.18 Å². The smallest absolute Gasteiger partial charge is 0.416 e. The summed E-state index contributed by atoms with van der Waals surface area (Å²) in [5, 5.41) is 0. The third-order valence-corrected chi connectivity index (χ3v) is 2.76. The molecule has 0 amide bonds. The number of thiocarbonyl (C=S) groups is 1. The first-order valence-corrected chi connectivity index (χ1v) is 6.02. The summed E-state index contributed by atoms with van der Waals surface area (Å²) < 4.78 is 43.3. The minimum Gasteiger partial charge on any atom is -0.457 e. The topological polar surface area (TPSA) is 35.2 Å². The summed E-state index contributed by atoms with van der Waals surface area (Å²) >= 11 is 4.87. The first-order valence-electron chi connectivity index (χ1n) is 5.62. The van der Waals surface area contributed by atoms with Gasteiger partial charge in [0.2, 0.25) is 0 Å². The highest BCUT2D eigenvalue weighted by atomic mass is 32.1. The zero-order chi connectivity index (χ0) is 14.8. The zero-order valence-electron chi connectivity index (χ0n) is 10.1. The van der Waals surface area contributed by atoms with Gasteiger partial charge in [0.05, 0.1) is 11.1 Å². The van der Waals surface area contributed by atoms with Gasteiger partial charge in [0.25, 0.3) is 0 Å². The lowest BCUT2D eigenvalue weighted by Crippen LogP contribution is -2.10. The van der Waals surface area contributed by atoms with E-state index in [1.54, 1.807) is 24.3 Å². The minimum absolute atomic E-state index is 0.0727. The van der Waals surface area contributed by atoms with Gasteiger partial charge in [0, 0.05) is 0 Å². The number of rotatable bonds is 3. The number of ether oxygens (including phenoxy) is 1. The number of para-hydroxylation sites is 1. The van der Waals surface area contributed by atoms with Crippen LogP contribution in [0.3, 0.4) is 0 Å². The average Bonchev–Trinajstić information content (AvgIpc) is 2.38. The third-order valence-electron chi connectivity index (χ3n) is 2.54. The van der Waals surface area contributed by atoms with Crippen molar-refractivity contribution >= 4 is 17.2 Å². The fraction of sp³-hybridized carbons (Fsp3) is 0.0714. The molecular formula is C14H10F3NOS. The molecule has 0 saturated heterocycles. The Morgan fingerprint density at radius 3 is 2.40 bits per heavy atom. The summed E-state index contributed by atoms with van der Waals surface area (Å²) in [6.07, 6.45) is -4.41. The Labute approximate surface area is 119 Å². The molecule has 6 heteroatoms. The Balaban J connectivity index is 2.34. The highest BCUT2D eigenvalue weighted by Crippen LogP contribution is 2.33. The van der Waals surface area contributed by atoms with Crippen molar-refractivity contribution in [3.8, 4) is 11.5 Å². The molecule has 0 fully saturated rings. The second-order valence-electron chi connectivity index (χ2n) is 3.99.